The predicted molar refractivity (Wildman–Crippen MR) is 119 cm³/mol. The number of carbonyl (C=O) groups excluding carboxylic acids is 1. The summed E-state index contributed by atoms with van der Waals surface area (Å²) in [4.78, 5) is 12.7. The zero-order chi connectivity index (χ0) is 21.1. The Bertz CT molecular complexity index is 622. The Hall–Kier alpha value is -0.236. The molecule has 0 aromatic carbocycles. The molecule has 156 valence electrons. The highest BCUT2D eigenvalue weighted by atomic mass is 28.4. The summed E-state index contributed by atoms with van der Waals surface area (Å²) in [7, 11) is -3.89. The van der Waals surface area contributed by atoms with E-state index < -0.39 is 16.6 Å². The largest absolute Gasteiger partial charge is 0.411 e. The van der Waals surface area contributed by atoms with Gasteiger partial charge in [-0.2, -0.15) is 0 Å². The number of fused-ring (bicyclic) bond motifs is 1. The van der Waals surface area contributed by atoms with Crippen molar-refractivity contribution in [1.29, 1.82) is 0 Å². The highest BCUT2D eigenvalue weighted by Gasteiger charge is 2.52. The molecule has 0 saturated heterocycles. The summed E-state index contributed by atoms with van der Waals surface area (Å²) < 4.78 is 13.7. The van der Waals surface area contributed by atoms with Gasteiger partial charge in [0.2, 0.25) is 0 Å². The maximum Gasteiger partial charge on any atom is 0.193 e. The summed E-state index contributed by atoms with van der Waals surface area (Å²) in [5, 5.41) is 0.290. The molecule has 3 atom stereocenters. The number of allylic oxidation sites excluding steroid dienone is 1. The fourth-order valence-electron chi connectivity index (χ4n) is 3.61. The fraction of sp³-hybridized carbons (Fsp3) is 0.864. The lowest BCUT2D eigenvalue weighted by molar-refractivity contribution is -0.126. The molecule has 27 heavy (non-hydrogen) atoms. The maximum atomic E-state index is 12.7. The molecule has 5 heteroatoms. The van der Waals surface area contributed by atoms with E-state index in [9.17, 15) is 4.79 Å². The number of hydrogen-bond acceptors (Lipinski definition) is 3. The second kappa shape index (κ2) is 6.93. The molecule has 0 aromatic rings. The topological polar surface area (TPSA) is 35.5 Å². The smallest absolute Gasteiger partial charge is 0.193 e. The molecule has 0 aliphatic heterocycles. The third-order valence-corrected chi connectivity index (χ3v) is 16.8. The van der Waals surface area contributed by atoms with E-state index in [0.717, 1.165) is 12.8 Å². The van der Waals surface area contributed by atoms with Crippen LogP contribution in [0.2, 0.25) is 36.3 Å². The Morgan fingerprint density at radius 3 is 1.89 bits per heavy atom. The molecule has 0 heterocycles. The molecule has 0 radical (unpaired) electrons. The minimum Gasteiger partial charge on any atom is -0.411 e. The average Bonchev–Trinajstić information content (AvgIpc) is 2.72. The van der Waals surface area contributed by atoms with Crippen molar-refractivity contribution in [3.63, 3.8) is 0 Å². The van der Waals surface area contributed by atoms with Gasteiger partial charge in [0.1, 0.15) is 5.78 Å². The Morgan fingerprint density at radius 1 is 0.926 bits per heavy atom. The first-order valence-electron chi connectivity index (χ1n) is 10.5. The van der Waals surface area contributed by atoms with Gasteiger partial charge in [0.15, 0.2) is 16.6 Å². The van der Waals surface area contributed by atoms with Crippen LogP contribution >= 0.6 is 0 Å². The predicted octanol–water partition coefficient (Wildman–Crippen LogP) is 6.47. The number of carbonyl (C=O) groups is 1. The van der Waals surface area contributed by atoms with Crippen LogP contribution in [0.25, 0.3) is 0 Å². The van der Waals surface area contributed by atoms with Crippen LogP contribution in [0.5, 0.6) is 0 Å². The highest BCUT2D eigenvalue weighted by Crippen LogP contribution is 2.50. The van der Waals surface area contributed by atoms with Crippen LogP contribution in [0.15, 0.2) is 11.6 Å². The second-order valence-corrected chi connectivity index (χ2v) is 21.4. The summed E-state index contributed by atoms with van der Waals surface area (Å²) in [6.07, 6.45) is 4.53. The standard InChI is InChI=1S/C22H42O3Si2/c1-20(2,3)26(8,9)24-17-14-16-12-13-19(23)22(16,7)15-18(17)25-27(10,11)21(4,5)6/h14,17-18H,12-13,15H2,1-11H3/t17?,18?,22-/m0/s1. The summed E-state index contributed by atoms with van der Waals surface area (Å²) >= 11 is 0. The van der Waals surface area contributed by atoms with Gasteiger partial charge in [-0.05, 0) is 56.0 Å². The van der Waals surface area contributed by atoms with Crippen molar-refractivity contribution in [1.82, 2.24) is 0 Å². The minimum atomic E-state index is -1.96. The number of rotatable bonds is 4. The zero-order valence-corrected chi connectivity index (χ0v) is 21.6. The lowest BCUT2D eigenvalue weighted by Crippen LogP contribution is -2.54. The van der Waals surface area contributed by atoms with Gasteiger partial charge in [-0.15, -0.1) is 0 Å². The van der Waals surface area contributed by atoms with Crippen molar-refractivity contribution >= 4 is 22.4 Å². The average molecular weight is 411 g/mol. The number of ketones is 1. The van der Waals surface area contributed by atoms with Crippen LogP contribution in [-0.2, 0) is 13.6 Å². The molecule has 0 amide bonds. The highest BCUT2D eigenvalue weighted by molar-refractivity contribution is 6.74. The van der Waals surface area contributed by atoms with E-state index in [2.05, 4.69) is 80.7 Å². The fourth-order valence-corrected chi connectivity index (χ4v) is 6.19. The van der Waals surface area contributed by atoms with Crippen LogP contribution in [0.1, 0.15) is 67.7 Å². The minimum absolute atomic E-state index is 0.0317. The van der Waals surface area contributed by atoms with Gasteiger partial charge in [-0.25, -0.2) is 0 Å². The molecule has 1 saturated carbocycles. The summed E-state index contributed by atoms with van der Waals surface area (Å²) in [5.74, 6) is 0.378. The molecule has 0 aromatic heterocycles. The van der Waals surface area contributed by atoms with Crippen molar-refractivity contribution in [2.24, 2.45) is 5.41 Å². The van der Waals surface area contributed by atoms with Gasteiger partial charge < -0.3 is 8.85 Å². The molecule has 0 bridgehead atoms. The maximum absolute atomic E-state index is 12.7. The van der Waals surface area contributed by atoms with Crippen molar-refractivity contribution < 1.29 is 13.6 Å². The van der Waals surface area contributed by atoms with E-state index in [-0.39, 0.29) is 27.7 Å². The van der Waals surface area contributed by atoms with E-state index in [1.165, 1.54) is 5.57 Å². The van der Waals surface area contributed by atoms with Gasteiger partial charge in [0.05, 0.1) is 12.2 Å². The third-order valence-electron chi connectivity index (χ3n) is 7.78. The summed E-state index contributed by atoms with van der Waals surface area (Å²) in [6, 6.07) is 0. The molecule has 3 nitrogen and oxygen atoms in total. The quantitative estimate of drug-likeness (QED) is 0.394. The molecule has 0 spiro atoms. The van der Waals surface area contributed by atoms with Crippen LogP contribution in [-0.4, -0.2) is 34.6 Å². The van der Waals surface area contributed by atoms with Gasteiger partial charge in [0.25, 0.3) is 0 Å². The normalized spacial score (nSPS) is 30.3. The Balaban J connectivity index is 2.40. The number of Topliss-reactive ketones (excluding diaryl/α,β-unsaturated/α-hetero) is 1. The number of hydrogen-bond donors (Lipinski definition) is 0. The van der Waals surface area contributed by atoms with E-state index >= 15 is 0 Å². The third kappa shape index (κ3) is 4.36. The summed E-state index contributed by atoms with van der Waals surface area (Å²) in [6.45, 7) is 25.0. The molecule has 0 N–H and O–H groups in total. The van der Waals surface area contributed by atoms with E-state index in [1.54, 1.807) is 0 Å². The van der Waals surface area contributed by atoms with Gasteiger partial charge >= 0.3 is 0 Å². The van der Waals surface area contributed by atoms with E-state index in [4.69, 9.17) is 8.85 Å². The van der Waals surface area contributed by atoms with Gasteiger partial charge in [-0.3, -0.25) is 4.79 Å². The van der Waals surface area contributed by atoms with Gasteiger partial charge in [0, 0.05) is 11.8 Å². The monoisotopic (exact) mass is 410 g/mol. The molecule has 2 unspecified atom stereocenters. The van der Waals surface area contributed by atoms with E-state index in [0.29, 0.717) is 12.2 Å². The first-order chi connectivity index (χ1) is 11.9. The molecule has 2 rings (SSSR count). The van der Waals surface area contributed by atoms with Crippen molar-refractivity contribution in [3.8, 4) is 0 Å². The molecule has 1 fully saturated rings. The van der Waals surface area contributed by atoms with Crippen molar-refractivity contribution in [2.75, 3.05) is 0 Å². The van der Waals surface area contributed by atoms with Crippen LogP contribution in [0, 0.1) is 5.41 Å². The molecular weight excluding hydrogens is 368 g/mol. The lowest BCUT2D eigenvalue weighted by Gasteiger charge is -2.48. The Kier molecular flexibility index (Phi) is 5.91. The second-order valence-electron chi connectivity index (χ2n) is 11.9. The Morgan fingerprint density at radius 2 is 1.41 bits per heavy atom. The summed E-state index contributed by atoms with van der Waals surface area (Å²) in [5.41, 5.74) is 0.937. The van der Waals surface area contributed by atoms with Crippen LogP contribution < -0.4 is 0 Å². The van der Waals surface area contributed by atoms with Crippen LogP contribution in [0.4, 0.5) is 0 Å². The zero-order valence-electron chi connectivity index (χ0n) is 19.6. The van der Waals surface area contributed by atoms with E-state index in [1.807, 2.05) is 0 Å². The molecule has 2 aliphatic carbocycles. The van der Waals surface area contributed by atoms with Crippen molar-refractivity contribution in [3.05, 3.63) is 11.6 Å². The molecular formula is C22H42O3Si2. The van der Waals surface area contributed by atoms with Crippen LogP contribution in [0.3, 0.4) is 0 Å². The Labute approximate surface area is 169 Å². The van der Waals surface area contributed by atoms with Gasteiger partial charge in [-0.1, -0.05) is 53.2 Å². The lowest BCUT2D eigenvalue weighted by atomic mass is 9.73. The molecule has 2 aliphatic rings. The van der Waals surface area contributed by atoms with Crippen molar-refractivity contribution in [2.45, 2.75) is 116 Å². The first-order valence-corrected chi connectivity index (χ1v) is 16.3. The SMILES string of the molecule is CC(C)(C)[Si](C)(C)OC1C=C2CCC(=O)[C@@]2(C)CC1O[Si](C)(C)C(C)(C)C. The first kappa shape index (κ1) is 23.0.